The zero-order valence-electron chi connectivity index (χ0n) is 17.3. The van der Waals surface area contributed by atoms with Crippen molar-refractivity contribution in [1.82, 2.24) is 9.97 Å². The average Bonchev–Trinajstić information content (AvgIpc) is 2.78. The van der Waals surface area contributed by atoms with Gasteiger partial charge in [-0.15, -0.1) is 0 Å². The second-order valence-electron chi connectivity index (χ2n) is 7.75. The number of nitrogens with two attached hydrogens (primary N) is 1. The first-order valence-corrected chi connectivity index (χ1v) is 10.4. The van der Waals surface area contributed by atoms with Gasteiger partial charge in [0, 0.05) is 11.5 Å². The van der Waals surface area contributed by atoms with Crippen LogP contribution in [0.25, 0.3) is 10.9 Å². The summed E-state index contributed by atoms with van der Waals surface area (Å²) in [6, 6.07) is 8.08. The number of carbonyl (C=O) groups is 1. The van der Waals surface area contributed by atoms with Gasteiger partial charge in [0.15, 0.2) is 17.3 Å². The van der Waals surface area contributed by atoms with Gasteiger partial charge >= 0.3 is 5.97 Å². The van der Waals surface area contributed by atoms with Crippen molar-refractivity contribution in [3.63, 3.8) is 0 Å². The number of carboxylic acids is 1. The molecule has 0 unspecified atom stereocenters. The summed E-state index contributed by atoms with van der Waals surface area (Å²) in [6.45, 7) is 0. The molecule has 3 aromatic rings. The molecule has 0 atom stereocenters. The highest BCUT2D eigenvalue weighted by Gasteiger charge is 2.39. The number of ether oxygens (including phenoxy) is 2. The van der Waals surface area contributed by atoms with Crippen LogP contribution in [-0.4, -0.2) is 39.8 Å². The summed E-state index contributed by atoms with van der Waals surface area (Å²) in [5.74, 6) is -0.287. The molecule has 8 nitrogen and oxygen atoms in total. The number of hydrogen-bond acceptors (Lipinski definition) is 7. The summed E-state index contributed by atoms with van der Waals surface area (Å²) in [4.78, 5) is 19.9. The first-order valence-electron chi connectivity index (χ1n) is 10.0. The van der Waals surface area contributed by atoms with Gasteiger partial charge in [-0.25, -0.2) is 14.4 Å². The minimum absolute atomic E-state index is 0.00584. The van der Waals surface area contributed by atoms with Gasteiger partial charge in [0.1, 0.15) is 17.7 Å². The van der Waals surface area contributed by atoms with Crippen molar-refractivity contribution in [2.75, 3.05) is 12.4 Å². The Morgan fingerprint density at radius 3 is 2.72 bits per heavy atom. The zero-order chi connectivity index (χ0) is 22.9. The Labute approximate surface area is 188 Å². The first-order chi connectivity index (χ1) is 15.3. The Morgan fingerprint density at radius 2 is 2.03 bits per heavy atom. The molecule has 1 heterocycles. The van der Waals surface area contributed by atoms with Gasteiger partial charge < -0.3 is 25.6 Å². The van der Waals surface area contributed by atoms with E-state index in [1.165, 1.54) is 19.5 Å². The SMILES string of the molecule is COc1cc2ncnc(Nc3cccc(Cl)c3F)c2cc1OC1CCC(N)(C(=O)O)CC1. The molecule has 1 saturated carbocycles. The maximum atomic E-state index is 14.4. The van der Waals surface area contributed by atoms with E-state index in [0.29, 0.717) is 53.9 Å². The van der Waals surface area contributed by atoms with E-state index in [9.17, 15) is 14.3 Å². The second kappa shape index (κ2) is 8.76. The highest BCUT2D eigenvalue weighted by molar-refractivity contribution is 6.31. The molecular formula is C22H22ClFN4O4. The molecule has 1 aliphatic carbocycles. The molecule has 168 valence electrons. The van der Waals surface area contributed by atoms with Crippen LogP contribution in [0.3, 0.4) is 0 Å². The first kappa shape index (κ1) is 22.0. The van der Waals surface area contributed by atoms with Crippen LogP contribution >= 0.6 is 11.6 Å². The van der Waals surface area contributed by atoms with Gasteiger partial charge in [0.25, 0.3) is 0 Å². The Morgan fingerprint density at radius 1 is 1.28 bits per heavy atom. The predicted octanol–water partition coefficient (Wildman–Crippen LogP) is 4.28. The van der Waals surface area contributed by atoms with Gasteiger partial charge in [-0.2, -0.15) is 0 Å². The number of anilines is 2. The van der Waals surface area contributed by atoms with Gasteiger partial charge in [-0.1, -0.05) is 17.7 Å². The van der Waals surface area contributed by atoms with Gasteiger partial charge in [0.2, 0.25) is 0 Å². The fraction of sp³-hybridized carbons (Fsp3) is 0.318. The number of benzene rings is 2. The number of carboxylic acid groups (broad SMARTS) is 1. The van der Waals surface area contributed by atoms with Crippen LogP contribution in [0, 0.1) is 5.82 Å². The maximum absolute atomic E-state index is 14.4. The third kappa shape index (κ3) is 4.26. The lowest BCUT2D eigenvalue weighted by molar-refractivity contribution is -0.145. The third-order valence-electron chi connectivity index (χ3n) is 5.67. The van der Waals surface area contributed by atoms with Crippen molar-refractivity contribution in [2.45, 2.75) is 37.3 Å². The van der Waals surface area contributed by atoms with E-state index in [-0.39, 0.29) is 16.8 Å². The summed E-state index contributed by atoms with van der Waals surface area (Å²) in [6.07, 6.45) is 2.76. The van der Waals surface area contributed by atoms with Crippen LogP contribution in [0.15, 0.2) is 36.7 Å². The number of hydrogen-bond donors (Lipinski definition) is 3. The number of rotatable bonds is 6. The monoisotopic (exact) mass is 460 g/mol. The molecule has 0 saturated heterocycles. The van der Waals surface area contributed by atoms with Crippen molar-refractivity contribution < 1.29 is 23.8 Å². The van der Waals surface area contributed by atoms with E-state index in [1.54, 1.807) is 24.3 Å². The Balaban J connectivity index is 1.64. The molecule has 1 aliphatic rings. The van der Waals surface area contributed by atoms with Crippen molar-refractivity contribution >= 4 is 40.0 Å². The third-order valence-corrected chi connectivity index (χ3v) is 5.96. The molecule has 32 heavy (non-hydrogen) atoms. The maximum Gasteiger partial charge on any atom is 0.323 e. The zero-order valence-corrected chi connectivity index (χ0v) is 18.0. The lowest BCUT2D eigenvalue weighted by atomic mass is 9.81. The molecular weight excluding hydrogens is 439 g/mol. The number of aliphatic carboxylic acids is 1. The molecule has 0 bridgehead atoms. The lowest BCUT2D eigenvalue weighted by Crippen LogP contribution is -2.51. The smallest absolute Gasteiger partial charge is 0.323 e. The molecule has 0 amide bonds. The van der Waals surface area contributed by atoms with Gasteiger partial charge in [0.05, 0.1) is 29.4 Å². The van der Waals surface area contributed by atoms with Crippen LogP contribution < -0.4 is 20.5 Å². The van der Waals surface area contributed by atoms with Gasteiger partial charge in [-0.3, -0.25) is 4.79 Å². The van der Waals surface area contributed by atoms with Gasteiger partial charge in [-0.05, 0) is 43.9 Å². The van der Waals surface area contributed by atoms with E-state index in [4.69, 9.17) is 26.8 Å². The highest BCUT2D eigenvalue weighted by atomic mass is 35.5. The molecule has 1 aromatic heterocycles. The minimum atomic E-state index is -1.22. The molecule has 2 aromatic carbocycles. The van der Waals surface area contributed by atoms with Crippen LogP contribution in [-0.2, 0) is 4.79 Å². The van der Waals surface area contributed by atoms with Crippen molar-refractivity contribution in [2.24, 2.45) is 5.73 Å². The molecule has 1 fully saturated rings. The molecule has 0 spiro atoms. The number of nitrogens with zero attached hydrogens (tertiary/aromatic N) is 2. The fourth-order valence-corrected chi connectivity index (χ4v) is 3.94. The van der Waals surface area contributed by atoms with Crippen LogP contribution in [0.4, 0.5) is 15.9 Å². The standard InChI is InChI=1S/C22H22ClFN4O4/c1-31-17-10-16-13(9-18(17)32-12-5-7-22(25,8-6-12)21(29)30)20(27-11-26-16)28-15-4-2-3-14(23)19(15)24/h2-4,9-12H,5-8,25H2,1H3,(H,29,30)(H,26,27,28). The van der Waals surface area contributed by atoms with Crippen molar-refractivity contribution in [3.8, 4) is 11.5 Å². The van der Waals surface area contributed by atoms with E-state index >= 15 is 0 Å². The number of fused-ring (bicyclic) bond motifs is 1. The van der Waals surface area contributed by atoms with Crippen LogP contribution in [0.2, 0.25) is 5.02 Å². The number of nitrogens with one attached hydrogen (secondary N) is 1. The lowest BCUT2D eigenvalue weighted by Gasteiger charge is -2.34. The quantitative estimate of drug-likeness (QED) is 0.498. The summed E-state index contributed by atoms with van der Waals surface area (Å²) < 4.78 is 26.0. The Hall–Kier alpha value is -3.17. The molecule has 0 aliphatic heterocycles. The number of halogens is 2. The minimum Gasteiger partial charge on any atom is -0.493 e. The largest absolute Gasteiger partial charge is 0.493 e. The summed E-state index contributed by atoms with van der Waals surface area (Å²) >= 11 is 5.88. The summed E-state index contributed by atoms with van der Waals surface area (Å²) in [5.41, 5.74) is 5.49. The summed E-state index contributed by atoms with van der Waals surface area (Å²) in [5, 5.41) is 12.9. The van der Waals surface area contributed by atoms with Crippen molar-refractivity contribution in [3.05, 3.63) is 47.5 Å². The van der Waals surface area contributed by atoms with E-state index in [1.807, 2.05) is 0 Å². The second-order valence-corrected chi connectivity index (χ2v) is 8.15. The van der Waals surface area contributed by atoms with E-state index in [2.05, 4.69) is 15.3 Å². The topological polar surface area (TPSA) is 120 Å². The Bertz CT molecular complexity index is 1170. The number of methoxy groups -OCH3 is 1. The number of aromatic nitrogens is 2. The average molecular weight is 461 g/mol. The molecule has 0 radical (unpaired) electrons. The molecule has 4 rings (SSSR count). The molecule has 4 N–H and O–H groups in total. The van der Waals surface area contributed by atoms with Crippen LogP contribution in [0.1, 0.15) is 25.7 Å². The molecule has 10 heteroatoms. The predicted molar refractivity (Wildman–Crippen MR) is 118 cm³/mol. The van der Waals surface area contributed by atoms with E-state index < -0.39 is 17.3 Å². The Kier molecular flexibility index (Phi) is 6.03. The summed E-state index contributed by atoms with van der Waals surface area (Å²) in [7, 11) is 1.52. The van der Waals surface area contributed by atoms with Crippen LogP contribution in [0.5, 0.6) is 11.5 Å². The normalized spacial score (nSPS) is 20.7. The van der Waals surface area contributed by atoms with Crippen molar-refractivity contribution in [1.29, 1.82) is 0 Å². The fourth-order valence-electron chi connectivity index (χ4n) is 3.76. The van der Waals surface area contributed by atoms with E-state index in [0.717, 1.165) is 0 Å². The highest BCUT2D eigenvalue weighted by Crippen LogP contribution is 2.38.